The third-order valence-corrected chi connectivity index (χ3v) is 11.6. The third kappa shape index (κ3) is 11.9. The second-order valence-electron chi connectivity index (χ2n) is 16.0. The Bertz CT molecular complexity index is 1860. The van der Waals surface area contributed by atoms with Crippen LogP contribution in [0.5, 0.6) is 0 Å². The molecule has 2 aliphatic rings. The van der Waals surface area contributed by atoms with Crippen LogP contribution in [0.25, 0.3) is 43.8 Å². The Labute approximate surface area is 348 Å². The Balaban J connectivity index is 0.000000182. The van der Waals surface area contributed by atoms with Crippen molar-refractivity contribution in [2.45, 2.75) is 118 Å². The van der Waals surface area contributed by atoms with Gasteiger partial charge in [-0.1, -0.05) is 174 Å². The van der Waals surface area contributed by atoms with Crippen LogP contribution in [0.1, 0.15) is 97.6 Å². The molecule has 2 saturated carbocycles. The van der Waals surface area contributed by atoms with Crippen LogP contribution in [0.2, 0.25) is 13.1 Å². The number of hydrogen-bond acceptors (Lipinski definition) is 0. The first-order chi connectivity index (χ1) is 26.2. The van der Waals surface area contributed by atoms with E-state index in [1.807, 2.05) is 0 Å². The van der Waals surface area contributed by atoms with E-state index in [0.29, 0.717) is 0 Å². The van der Waals surface area contributed by atoms with Gasteiger partial charge in [-0.25, -0.2) is 0 Å². The van der Waals surface area contributed by atoms with Gasteiger partial charge >= 0.3 is 37.9 Å². The SMILES string of the molecule is C[Si]C.Cc1ccc(-c2ccc(C)c3[cH-]c(CC4CCCCC4)cc23)cc1.Cc1ccc(-c2ccc(C)c3[cH-]c(CC4CCCCC4)cc23)cc1.[Cl][Zr+2][Cl]. The van der Waals surface area contributed by atoms with Crippen molar-refractivity contribution in [1.29, 1.82) is 0 Å². The zero-order valence-electron chi connectivity index (χ0n) is 33.6. The van der Waals surface area contributed by atoms with Crippen molar-refractivity contribution in [2.75, 3.05) is 0 Å². The van der Waals surface area contributed by atoms with E-state index in [-0.39, 0.29) is 0 Å². The predicted molar refractivity (Wildman–Crippen MR) is 239 cm³/mol. The molecule has 0 nitrogen and oxygen atoms in total. The van der Waals surface area contributed by atoms with Crippen molar-refractivity contribution in [3.05, 3.63) is 130 Å². The maximum atomic E-state index is 4.93. The molecule has 0 N–H and O–H groups in total. The molecule has 0 aliphatic heterocycles. The summed E-state index contributed by atoms with van der Waals surface area (Å²) in [6.07, 6.45) is 16.8. The molecular formula is C50H60Cl2SiZr. The number of aryl methyl sites for hydroxylation is 4. The quantitative estimate of drug-likeness (QED) is 0.116. The molecule has 0 amide bonds. The van der Waals surface area contributed by atoms with E-state index in [1.54, 1.807) is 11.1 Å². The van der Waals surface area contributed by atoms with Crippen molar-refractivity contribution >= 4 is 48.1 Å². The fourth-order valence-corrected chi connectivity index (χ4v) is 8.66. The van der Waals surface area contributed by atoms with Gasteiger partial charge in [0.15, 0.2) is 0 Å². The van der Waals surface area contributed by atoms with Crippen molar-refractivity contribution in [2.24, 2.45) is 11.8 Å². The minimum atomic E-state index is -0.826. The van der Waals surface area contributed by atoms with E-state index in [9.17, 15) is 0 Å². The van der Waals surface area contributed by atoms with Crippen LogP contribution in [0.3, 0.4) is 0 Å². The Morgan fingerprint density at radius 1 is 0.537 bits per heavy atom. The number of hydrogen-bond donors (Lipinski definition) is 0. The fraction of sp³-hybridized carbons (Fsp3) is 0.400. The summed E-state index contributed by atoms with van der Waals surface area (Å²) in [4.78, 5) is 0. The van der Waals surface area contributed by atoms with Gasteiger partial charge in [0.25, 0.3) is 0 Å². The predicted octanol–water partition coefficient (Wildman–Crippen LogP) is 16.1. The summed E-state index contributed by atoms with van der Waals surface area (Å²) < 4.78 is 0. The summed E-state index contributed by atoms with van der Waals surface area (Å²) in [5, 5.41) is 5.76. The normalized spacial score (nSPS) is 14.7. The molecule has 6 aromatic carbocycles. The summed E-state index contributed by atoms with van der Waals surface area (Å²) in [5.74, 6) is 1.80. The molecule has 2 radical (unpaired) electrons. The van der Waals surface area contributed by atoms with Gasteiger partial charge in [-0.15, -0.1) is 68.1 Å². The van der Waals surface area contributed by atoms with Crippen molar-refractivity contribution in [3.63, 3.8) is 0 Å². The van der Waals surface area contributed by atoms with Crippen LogP contribution in [-0.2, 0) is 33.7 Å². The van der Waals surface area contributed by atoms with Gasteiger partial charge in [-0.2, -0.15) is 12.1 Å². The zero-order valence-corrected chi connectivity index (χ0v) is 38.6. The van der Waals surface area contributed by atoms with Crippen LogP contribution >= 0.6 is 17.0 Å². The van der Waals surface area contributed by atoms with Crippen molar-refractivity contribution in [1.82, 2.24) is 0 Å². The monoisotopic (exact) mass is 848 g/mol. The first-order valence-corrected chi connectivity index (χ1v) is 28.6. The van der Waals surface area contributed by atoms with Gasteiger partial charge in [-0.3, -0.25) is 0 Å². The second-order valence-corrected chi connectivity index (χ2v) is 20.7. The molecule has 8 rings (SSSR count). The van der Waals surface area contributed by atoms with Crippen LogP contribution < -0.4 is 0 Å². The van der Waals surface area contributed by atoms with Crippen molar-refractivity contribution in [3.8, 4) is 22.3 Å². The molecule has 0 heterocycles. The van der Waals surface area contributed by atoms with E-state index in [2.05, 4.69) is 138 Å². The van der Waals surface area contributed by atoms with E-state index in [4.69, 9.17) is 17.0 Å². The van der Waals surface area contributed by atoms with Crippen LogP contribution in [0, 0.1) is 39.5 Å². The first-order valence-electron chi connectivity index (χ1n) is 20.3. The zero-order chi connectivity index (χ0) is 38.5. The molecule has 54 heavy (non-hydrogen) atoms. The molecule has 0 spiro atoms. The van der Waals surface area contributed by atoms with Gasteiger partial charge in [0, 0.05) is 9.52 Å². The summed E-state index contributed by atoms with van der Waals surface area (Å²) >= 11 is -0.826. The average molecular weight is 851 g/mol. The third-order valence-electron chi connectivity index (χ3n) is 11.6. The Hall–Kier alpha value is -2.22. The van der Waals surface area contributed by atoms with Gasteiger partial charge < -0.3 is 0 Å². The number of benzene rings is 4. The molecule has 2 fully saturated rings. The van der Waals surface area contributed by atoms with E-state index < -0.39 is 20.8 Å². The summed E-state index contributed by atoms with van der Waals surface area (Å²) in [6, 6.07) is 36.9. The summed E-state index contributed by atoms with van der Waals surface area (Å²) in [5.41, 5.74) is 14.0. The number of halogens is 2. The van der Waals surface area contributed by atoms with E-state index in [1.165, 1.54) is 143 Å². The Morgan fingerprint density at radius 2 is 0.870 bits per heavy atom. The number of rotatable bonds is 6. The molecule has 0 atom stereocenters. The number of fused-ring (bicyclic) bond motifs is 2. The molecule has 0 bridgehead atoms. The summed E-state index contributed by atoms with van der Waals surface area (Å²) in [7, 11) is 11.0. The van der Waals surface area contributed by atoms with Crippen LogP contribution in [0.15, 0.2) is 97.1 Å². The summed E-state index contributed by atoms with van der Waals surface area (Å²) in [6.45, 7) is 13.1. The molecule has 282 valence electrons. The van der Waals surface area contributed by atoms with Gasteiger partial charge in [0.1, 0.15) is 0 Å². The molecule has 2 aliphatic carbocycles. The first kappa shape index (κ1) is 42.9. The molecular weight excluding hydrogens is 791 g/mol. The average Bonchev–Trinajstić information content (AvgIpc) is 3.80. The van der Waals surface area contributed by atoms with Crippen LogP contribution in [0.4, 0.5) is 0 Å². The van der Waals surface area contributed by atoms with E-state index in [0.717, 1.165) is 21.4 Å². The van der Waals surface area contributed by atoms with Crippen molar-refractivity contribution < 1.29 is 20.8 Å². The molecule has 0 aromatic heterocycles. The molecule has 4 heteroatoms. The van der Waals surface area contributed by atoms with E-state index >= 15 is 0 Å². The molecule has 6 aromatic rings. The van der Waals surface area contributed by atoms with Gasteiger partial charge in [0.05, 0.1) is 0 Å². The fourth-order valence-electron chi connectivity index (χ4n) is 8.66. The van der Waals surface area contributed by atoms with Gasteiger partial charge in [0.2, 0.25) is 0 Å². The standard InChI is InChI=1S/2C24H27.C2H6Si.2ClH.Zr/c2*1-17-8-11-21(12-9-17)22-13-10-18(2)23-15-20(16-24(22)23)14-19-6-4-3-5-7-19;1-3-2;;;/h2*8-13,15-16,19H,3-7,14H2,1-2H3;1-2H3;2*1H;/q2*-1;;;;+4/p-2. The molecule has 0 saturated heterocycles. The minimum absolute atomic E-state index is 0.826. The maximum absolute atomic E-state index is 4.93. The van der Waals surface area contributed by atoms with Gasteiger partial charge in [-0.05, 0) is 49.7 Å². The molecule has 0 unspecified atom stereocenters. The second kappa shape index (κ2) is 21.9. The van der Waals surface area contributed by atoms with Crippen LogP contribution in [-0.4, -0.2) is 9.52 Å². The Kier molecular flexibility index (Phi) is 17.4. The topological polar surface area (TPSA) is 0 Å². The Morgan fingerprint density at radius 3 is 1.20 bits per heavy atom.